The average molecular weight is 304 g/mol. The van der Waals surface area contributed by atoms with Crippen LogP contribution in [0.4, 0.5) is 0 Å². The lowest BCUT2D eigenvalue weighted by atomic mass is 10.1. The second-order valence-corrected chi connectivity index (χ2v) is 4.99. The maximum Gasteiger partial charge on any atom is 0.325 e. The number of carbonyl (C=O) groups excluding carboxylic acids is 2. The zero-order valence-electron chi connectivity index (χ0n) is 10.9. The highest BCUT2D eigenvalue weighted by Gasteiger charge is 2.24. The molecule has 6 heteroatoms. The Labute approximate surface area is 122 Å². The van der Waals surface area contributed by atoms with Crippen molar-refractivity contribution in [3.05, 3.63) is 33.8 Å². The van der Waals surface area contributed by atoms with Crippen LogP contribution in [-0.2, 0) is 9.53 Å². The summed E-state index contributed by atoms with van der Waals surface area (Å²) in [6, 6.07) is 4.64. The number of carbonyl (C=O) groups is 2. The normalized spacial score (nSPS) is 10.4. The quantitative estimate of drug-likeness (QED) is 0.803. The summed E-state index contributed by atoms with van der Waals surface area (Å²) in [5, 5.41) is 0.485. The summed E-state index contributed by atoms with van der Waals surface area (Å²) in [4.78, 5) is 25.1. The van der Waals surface area contributed by atoms with Crippen LogP contribution in [0.3, 0.4) is 0 Å². The van der Waals surface area contributed by atoms with Crippen LogP contribution >= 0.6 is 23.2 Å². The lowest BCUT2D eigenvalue weighted by molar-refractivity contribution is -0.141. The van der Waals surface area contributed by atoms with E-state index < -0.39 is 5.97 Å². The summed E-state index contributed by atoms with van der Waals surface area (Å²) in [6.45, 7) is 3.48. The topological polar surface area (TPSA) is 46.6 Å². The van der Waals surface area contributed by atoms with E-state index >= 15 is 0 Å². The Morgan fingerprint density at radius 2 is 1.95 bits per heavy atom. The van der Waals surface area contributed by atoms with E-state index in [1.54, 1.807) is 32.0 Å². The molecule has 1 aromatic carbocycles. The monoisotopic (exact) mass is 303 g/mol. The Hall–Kier alpha value is -1.26. The van der Waals surface area contributed by atoms with E-state index in [0.717, 1.165) is 0 Å². The number of nitrogens with zero attached hydrogens (tertiary/aromatic N) is 1. The number of esters is 1. The molecular formula is C13H15Cl2NO3. The van der Waals surface area contributed by atoms with Crippen molar-refractivity contribution in [1.29, 1.82) is 0 Å². The lowest BCUT2D eigenvalue weighted by Gasteiger charge is -2.26. The average Bonchev–Trinajstić information content (AvgIpc) is 2.37. The summed E-state index contributed by atoms with van der Waals surface area (Å²) < 4.78 is 4.58. The van der Waals surface area contributed by atoms with Gasteiger partial charge in [0.05, 0.1) is 22.7 Å². The van der Waals surface area contributed by atoms with E-state index in [2.05, 4.69) is 4.74 Å². The fraction of sp³-hybridized carbons (Fsp3) is 0.385. The van der Waals surface area contributed by atoms with Crippen molar-refractivity contribution in [3.63, 3.8) is 0 Å². The minimum Gasteiger partial charge on any atom is -0.468 e. The second-order valence-electron chi connectivity index (χ2n) is 4.20. The molecule has 0 aliphatic carbocycles. The molecule has 4 nitrogen and oxygen atoms in total. The van der Waals surface area contributed by atoms with Gasteiger partial charge < -0.3 is 9.64 Å². The van der Waals surface area contributed by atoms with E-state index in [9.17, 15) is 9.59 Å². The molecule has 0 saturated carbocycles. The van der Waals surface area contributed by atoms with Crippen molar-refractivity contribution >= 4 is 35.1 Å². The van der Waals surface area contributed by atoms with Gasteiger partial charge in [0, 0.05) is 6.04 Å². The van der Waals surface area contributed by atoms with E-state index in [4.69, 9.17) is 23.2 Å². The number of methoxy groups -OCH3 is 1. The van der Waals surface area contributed by atoms with Gasteiger partial charge in [0.1, 0.15) is 6.54 Å². The van der Waals surface area contributed by atoms with Gasteiger partial charge in [-0.05, 0) is 26.0 Å². The second kappa shape index (κ2) is 6.78. The molecule has 0 atom stereocenters. The summed E-state index contributed by atoms with van der Waals surface area (Å²) in [5.41, 5.74) is 0.270. The number of ether oxygens (including phenoxy) is 1. The smallest absolute Gasteiger partial charge is 0.325 e. The highest BCUT2D eigenvalue weighted by atomic mass is 35.5. The van der Waals surface area contributed by atoms with Gasteiger partial charge in [-0.2, -0.15) is 0 Å². The lowest BCUT2D eigenvalue weighted by Crippen LogP contribution is -2.41. The van der Waals surface area contributed by atoms with Crippen LogP contribution < -0.4 is 0 Å². The Kier molecular flexibility index (Phi) is 5.63. The molecule has 0 unspecified atom stereocenters. The molecule has 0 aliphatic rings. The zero-order chi connectivity index (χ0) is 14.6. The molecule has 0 radical (unpaired) electrons. The van der Waals surface area contributed by atoms with E-state index in [-0.39, 0.29) is 29.1 Å². The number of halogens is 2. The highest BCUT2D eigenvalue weighted by Crippen LogP contribution is 2.26. The van der Waals surface area contributed by atoms with Crippen LogP contribution in [0.5, 0.6) is 0 Å². The standard InChI is InChI=1S/C13H15Cl2NO3/c1-8(2)16(7-11(17)19-3)13(18)9-5-4-6-10(14)12(9)15/h4-6,8H,7H2,1-3H3. The van der Waals surface area contributed by atoms with Gasteiger partial charge in [-0.25, -0.2) is 0 Å². The number of amides is 1. The molecule has 1 aromatic rings. The molecule has 0 N–H and O–H groups in total. The molecule has 0 bridgehead atoms. The maximum absolute atomic E-state index is 12.4. The van der Waals surface area contributed by atoms with Crippen molar-refractivity contribution in [2.45, 2.75) is 19.9 Å². The van der Waals surface area contributed by atoms with Crippen molar-refractivity contribution in [1.82, 2.24) is 4.90 Å². The number of hydrogen-bond acceptors (Lipinski definition) is 3. The fourth-order valence-corrected chi connectivity index (χ4v) is 1.90. The Morgan fingerprint density at radius 1 is 1.32 bits per heavy atom. The van der Waals surface area contributed by atoms with Crippen molar-refractivity contribution < 1.29 is 14.3 Å². The van der Waals surface area contributed by atoms with Gasteiger partial charge in [0.25, 0.3) is 5.91 Å². The van der Waals surface area contributed by atoms with Gasteiger partial charge in [0.15, 0.2) is 0 Å². The van der Waals surface area contributed by atoms with Crippen LogP contribution in [0.2, 0.25) is 10.0 Å². The molecule has 19 heavy (non-hydrogen) atoms. The minimum absolute atomic E-state index is 0.129. The minimum atomic E-state index is -0.486. The third kappa shape index (κ3) is 3.85. The molecular weight excluding hydrogens is 289 g/mol. The van der Waals surface area contributed by atoms with E-state index in [1.165, 1.54) is 12.0 Å². The van der Waals surface area contributed by atoms with E-state index in [0.29, 0.717) is 5.02 Å². The first-order chi connectivity index (χ1) is 8.88. The van der Waals surface area contributed by atoms with Crippen molar-refractivity contribution in [2.24, 2.45) is 0 Å². The molecule has 1 amide bonds. The highest BCUT2D eigenvalue weighted by molar-refractivity contribution is 6.43. The molecule has 0 heterocycles. The SMILES string of the molecule is COC(=O)CN(C(=O)c1cccc(Cl)c1Cl)C(C)C. The fourth-order valence-electron chi connectivity index (χ4n) is 1.52. The van der Waals surface area contributed by atoms with Crippen LogP contribution in [-0.4, -0.2) is 36.5 Å². The van der Waals surface area contributed by atoms with Gasteiger partial charge in [-0.1, -0.05) is 29.3 Å². The van der Waals surface area contributed by atoms with Crippen LogP contribution in [0.25, 0.3) is 0 Å². The van der Waals surface area contributed by atoms with Gasteiger partial charge in [-0.3, -0.25) is 9.59 Å². The first kappa shape index (κ1) is 15.8. The summed E-state index contributed by atoms with van der Waals surface area (Å²) in [5.74, 6) is -0.840. The summed E-state index contributed by atoms with van der Waals surface area (Å²) in [6.07, 6.45) is 0. The number of hydrogen-bond donors (Lipinski definition) is 0. The molecule has 0 aliphatic heterocycles. The van der Waals surface area contributed by atoms with Gasteiger partial charge in [0.2, 0.25) is 0 Å². The van der Waals surface area contributed by atoms with E-state index in [1.807, 2.05) is 0 Å². The first-order valence-corrected chi connectivity index (χ1v) is 6.45. The van der Waals surface area contributed by atoms with Crippen molar-refractivity contribution in [2.75, 3.05) is 13.7 Å². The maximum atomic E-state index is 12.4. The van der Waals surface area contributed by atoms with Crippen LogP contribution in [0, 0.1) is 0 Å². The molecule has 0 fully saturated rings. The van der Waals surface area contributed by atoms with Gasteiger partial charge >= 0.3 is 5.97 Å². The third-order valence-electron chi connectivity index (χ3n) is 2.59. The van der Waals surface area contributed by atoms with Crippen molar-refractivity contribution in [3.8, 4) is 0 Å². The summed E-state index contributed by atoms with van der Waals surface area (Å²) >= 11 is 11.9. The van der Waals surface area contributed by atoms with Gasteiger partial charge in [-0.15, -0.1) is 0 Å². The Balaban J connectivity index is 3.06. The number of benzene rings is 1. The Bertz CT molecular complexity index is 489. The predicted molar refractivity (Wildman–Crippen MR) is 74.7 cm³/mol. The summed E-state index contributed by atoms with van der Waals surface area (Å²) in [7, 11) is 1.28. The third-order valence-corrected chi connectivity index (χ3v) is 3.41. The van der Waals surface area contributed by atoms with Crippen LogP contribution in [0.15, 0.2) is 18.2 Å². The largest absolute Gasteiger partial charge is 0.468 e. The molecule has 104 valence electrons. The predicted octanol–water partition coefficient (Wildman–Crippen LogP) is 3.02. The van der Waals surface area contributed by atoms with Crippen LogP contribution in [0.1, 0.15) is 24.2 Å². The first-order valence-electron chi connectivity index (χ1n) is 5.70. The molecule has 0 saturated heterocycles. The zero-order valence-corrected chi connectivity index (χ0v) is 12.5. The molecule has 0 aromatic heterocycles. The molecule has 1 rings (SSSR count). The number of rotatable bonds is 4. The molecule has 0 spiro atoms. The Morgan fingerprint density at radius 3 is 2.47 bits per heavy atom.